The first-order valence-corrected chi connectivity index (χ1v) is 4.47. The van der Waals surface area contributed by atoms with Crippen LogP contribution in [-0.2, 0) is 11.1 Å². The minimum Gasteiger partial charge on any atom is -0.463 e. The molecule has 0 amide bonds. The molecule has 0 saturated carbocycles. The van der Waals surface area contributed by atoms with Crippen molar-refractivity contribution in [2.75, 3.05) is 0 Å². The van der Waals surface area contributed by atoms with Crippen LogP contribution in [0.3, 0.4) is 0 Å². The predicted octanol–water partition coefficient (Wildman–Crippen LogP) is 2.01. The van der Waals surface area contributed by atoms with Crippen LogP contribution in [0.2, 0.25) is 0 Å². The summed E-state index contributed by atoms with van der Waals surface area (Å²) in [5.74, 6) is 0. The van der Waals surface area contributed by atoms with E-state index in [1.165, 1.54) is 6.26 Å². The molecule has 0 radical (unpaired) electrons. The van der Waals surface area contributed by atoms with Crippen LogP contribution in [0.4, 0.5) is 0 Å². The third kappa shape index (κ3) is 1.05. The van der Waals surface area contributed by atoms with Gasteiger partial charge in [-0.15, -0.1) is 0 Å². The zero-order valence-electron chi connectivity index (χ0n) is 6.06. The number of para-hydroxylation sites is 1. The van der Waals surface area contributed by atoms with Crippen molar-refractivity contribution in [2.45, 2.75) is 4.90 Å². The zero-order valence-corrected chi connectivity index (χ0v) is 6.88. The van der Waals surface area contributed by atoms with Crippen molar-refractivity contribution in [1.82, 2.24) is 0 Å². The molecule has 0 spiro atoms. The standard InChI is InChI=1S/C8H6O3S/c9-12(10)7-3-1-2-6-4-5-11-8(6)7/h1-5H,(H,9,10). The van der Waals surface area contributed by atoms with Crippen molar-refractivity contribution in [3.05, 3.63) is 30.5 Å². The lowest BCUT2D eigenvalue weighted by Crippen LogP contribution is -1.87. The second-order valence-corrected chi connectivity index (χ2v) is 3.28. The summed E-state index contributed by atoms with van der Waals surface area (Å²) in [5, 5.41) is 0.843. The first kappa shape index (κ1) is 7.52. The van der Waals surface area contributed by atoms with Gasteiger partial charge in [-0.1, -0.05) is 12.1 Å². The number of rotatable bonds is 1. The molecule has 0 fully saturated rings. The molecule has 4 heteroatoms. The fourth-order valence-electron chi connectivity index (χ4n) is 1.10. The third-order valence-electron chi connectivity index (χ3n) is 1.63. The van der Waals surface area contributed by atoms with Crippen LogP contribution in [0, 0.1) is 0 Å². The van der Waals surface area contributed by atoms with E-state index in [0.717, 1.165) is 5.39 Å². The van der Waals surface area contributed by atoms with Crippen molar-refractivity contribution in [3.63, 3.8) is 0 Å². The Morgan fingerprint density at radius 1 is 1.33 bits per heavy atom. The Hall–Kier alpha value is -1.13. The van der Waals surface area contributed by atoms with E-state index in [0.29, 0.717) is 10.5 Å². The highest BCUT2D eigenvalue weighted by atomic mass is 32.2. The Labute approximate surface area is 71.3 Å². The maximum atomic E-state index is 10.8. The van der Waals surface area contributed by atoms with Crippen LogP contribution < -0.4 is 0 Å². The molecule has 0 aliphatic heterocycles. The minimum atomic E-state index is -1.98. The molecule has 12 heavy (non-hydrogen) atoms. The van der Waals surface area contributed by atoms with Gasteiger partial charge in [-0.25, -0.2) is 4.21 Å². The Kier molecular flexibility index (Phi) is 1.71. The van der Waals surface area contributed by atoms with Gasteiger partial charge in [-0.2, -0.15) is 0 Å². The van der Waals surface area contributed by atoms with Crippen LogP contribution in [-0.4, -0.2) is 8.76 Å². The van der Waals surface area contributed by atoms with Crippen molar-refractivity contribution in [3.8, 4) is 0 Å². The summed E-state index contributed by atoms with van der Waals surface area (Å²) in [6.07, 6.45) is 1.50. The molecule has 2 rings (SSSR count). The Balaban J connectivity index is 2.82. The van der Waals surface area contributed by atoms with Gasteiger partial charge < -0.3 is 8.97 Å². The highest BCUT2D eigenvalue weighted by Crippen LogP contribution is 2.21. The summed E-state index contributed by atoms with van der Waals surface area (Å²) in [5.41, 5.74) is 0.485. The molecule has 0 aliphatic rings. The molecule has 1 heterocycles. The molecule has 0 saturated heterocycles. The van der Waals surface area contributed by atoms with Gasteiger partial charge in [0.05, 0.1) is 6.26 Å². The van der Waals surface area contributed by atoms with E-state index >= 15 is 0 Å². The monoisotopic (exact) mass is 182 g/mol. The van der Waals surface area contributed by atoms with Gasteiger partial charge in [0.1, 0.15) is 4.90 Å². The van der Waals surface area contributed by atoms with E-state index in [9.17, 15) is 4.21 Å². The van der Waals surface area contributed by atoms with Crippen LogP contribution in [0.5, 0.6) is 0 Å². The lowest BCUT2D eigenvalue weighted by molar-refractivity contribution is 0.558. The van der Waals surface area contributed by atoms with Gasteiger partial charge in [-0.3, -0.25) is 0 Å². The summed E-state index contributed by atoms with van der Waals surface area (Å²) in [7, 11) is 0. The summed E-state index contributed by atoms with van der Waals surface area (Å²) in [4.78, 5) is 0.317. The van der Waals surface area contributed by atoms with Crippen molar-refractivity contribution < 1.29 is 13.2 Å². The minimum absolute atomic E-state index is 0.317. The van der Waals surface area contributed by atoms with Gasteiger partial charge in [0.2, 0.25) is 0 Å². The molecular formula is C8H6O3S. The molecular weight excluding hydrogens is 176 g/mol. The molecule has 1 atom stereocenters. The number of hydrogen-bond donors (Lipinski definition) is 1. The molecule has 62 valence electrons. The molecule has 1 aromatic heterocycles. The maximum absolute atomic E-state index is 10.8. The second kappa shape index (κ2) is 2.73. The summed E-state index contributed by atoms with van der Waals surface area (Å²) >= 11 is -1.98. The van der Waals surface area contributed by atoms with Gasteiger partial charge in [-0.05, 0) is 12.1 Å². The third-order valence-corrected chi connectivity index (χ3v) is 2.33. The molecule has 1 N–H and O–H groups in total. The number of hydrogen-bond acceptors (Lipinski definition) is 2. The number of fused-ring (bicyclic) bond motifs is 1. The van der Waals surface area contributed by atoms with Crippen molar-refractivity contribution >= 4 is 22.0 Å². The fraction of sp³-hybridized carbons (Fsp3) is 0. The van der Waals surface area contributed by atoms with Gasteiger partial charge in [0.15, 0.2) is 16.7 Å². The number of furan rings is 1. The fourth-order valence-corrected chi connectivity index (χ4v) is 1.62. The normalized spacial score (nSPS) is 13.4. The molecule has 1 aromatic carbocycles. The summed E-state index contributed by atoms with van der Waals surface area (Å²) < 4.78 is 24.7. The van der Waals surface area contributed by atoms with E-state index in [4.69, 9.17) is 8.97 Å². The summed E-state index contributed by atoms with van der Waals surface area (Å²) in [6.45, 7) is 0. The maximum Gasteiger partial charge on any atom is 0.190 e. The molecule has 3 nitrogen and oxygen atoms in total. The Morgan fingerprint density at radius 2 is 2.17 bits per heavy atom. The van der Waals surface area contributed by atoms with Crippen molar-refractivity contribution in [2.24, 2.45) is 0 Å². The lowest BCUT2D eigenvalue weighted by atomic mass is 10.3. The highest BCUT2D eigenvalue weighted by molar-refractivity contribution is 7.79. The van der Waals surface area contributed by atoms with Crippen LogP contribution in [0.15, 0.2) is 39.8 Å². The molecule has 0 aliphatic carbocycles. The number of benzene rings is 1. The average Bonchev–Trinajstić information content (AvgIpc) is 2.49. The second-order valence-electron chi connectivity index (χ2n) is 2.34. The van der Waals surface area contributed by atoms with Gasteiger partial charge in [0, 0.05) is 5.39 Å². The Morgan fingerprint density at radius 3 is 2.92 bits per heavy atom. The zero-order chi connectivity index (χ0) is 8.55. The first-order valence-electron chi connectivity index (χ1n) is 3.36. The summed E-state index contributed by atoms with van der Waals surface area (Å²) in [6, 6.07) is 6.88. The largest absolute Gasteiger partial charge is 0.463 e. The quantitative estimate of drug-likeness (QED) is 0.686. The SMILES string of the molecule is O=S(O)c1cccc2ccoc12. The molecule has 0 bridgehead atoms. The lowest BCUT2D eigenvalue weighted by Gasteiger charge is -1.94. The van der Waals surface area contributed by atoms with E-state index < -0.39 is 11.1 Å². The van der Waals surface area contributed by atoms with Crippen LogP contribution >= 0.6 is 0 Å². The topological polar surface area (TPSA) is 50.4 Å². The molecule has 2 aromatic rings. The highest BCUT2D eigenvalue weighted by Gasteiger charge is 2.07. The van der Waals surface area contributed by atoms with E-state index in [2.05, 4.69) is 0 Å². The smallest absolute Gasteiger partial charge is 0.190 e. The predicted molar refractivity (Wildman–Crippen MR) is 45.3 cm³/mol. The van der Waals surface area contributed by atoms with Gasteiger partial charge >= 0.3 is 0 Å². The Bertz CT molecular complexity index is 433. The average molecular weight is 182 g/mol. The van der Waals surface area contributed by atoms with E-state index in [1.54, 1.807) is 18.2 Å². The van der Waals surface area contributed by atoms with E-state index in [-0.39, 0.29) is 0 Å². The van der Waals surface area contributed by atoms with Gasteiger partial charge in [0.25, 0.3) is 0 Å². The van der Waals surface area contributed by atoms with Crippen molar-refractivity contribution in [1.29, 1.82) is 0 Å². The van der Waals surface area contributed by atoms with Crippen LogP contribution in [0.1, 0.15) is 0 Å². The molecule has 1 unspecified atom stereocenters. The first-order chi connectivity index (χ1) is 5.79. The van der Waals surface area contributed by atoms with E-state index in [1.807, 2.05) is 6.07 Å². The van der Waals surface area contributed by atoms with Crippen LogP contribution in [0.25, 0.3) is 11.0 Å².